The first-order valence-corrected chi connectivity index (χ1v) is 9.15. The van der Waals surface area contributed by atoms with Gasteiger partial charge in [-0.2, -0.15) is 0 Å². The summed E-state index contributed by atoms with van der Waals surface area (Å²) in [7, 11) is 0. The second-order valence-electron chi connectivity index (χ2n) is 6.27. The van der Waals surface area contributed by atoms with Crippen molar-refractivity contribution in [3.8, 4) is 0 Å². The summed E-state index contributed by atoms with van der Waals surface area (Å²) in [4.78, 5) is 22.8. The summed E-state index contributed by atoms with van der Waals surface area (Å²) in [5, 5.41) is 3.72. The molecule has 1 fully saturated rings. The largest absolute Gasteiger partial charge is 0.343 e. The first kappa shape index (κ1) is 17.7. The lowest BCUT2D eigenvalue weighted by Crippen LogP contribution is -2.31. The van der Waals surface area contributed by atoms with Crippen molar-refractivity contribution < 1.29 is 4.79 Å². The van der Waals surface area contributed by atoms with E-state index in [1.807, 2.05) is 43.0 Å². The summed E-state index contributed by atoms with van der Waals surface area (Å²) in [5.74, 6) is 2.13. The fourth-order valence-electron chi connectivity index (χ4n) is 2.74. The molecule has 1 aromatic carbocycles. The molecule has 0 saturated heterocycles. The van der Waals surface area contributed by atoms with Gasteiger partial charge in [0.15, 0.2) is 0 Å². The average Bonchev–Trinajstić information content (AvgIpc) is 3.42. The number of benzene rings is 1. The van der Waals surface area contributed by atoms with E-state index in [9.17, 15) is 4.79 Å². The van der Waals surface area contributed by atoms with Gasteiger partial charge in [-0.05, 0) is 44.4 Å². The normalized spacial score (nSPS) is 13.6. The summed E-state index contributed by atoms with van der Waals surface area (Å²) in [6.45, 7) is 5.48. The number of anilines is 2. The summed E-state index contributed by atoms with van der Waals surface area (Å²) < 4.78 is 0. The van der Waals surface area contributed by atoms with Crippen molar-refractivity contribution in [2.24, 2.45) is 0 Å². The van der Waals surface area contributed by atoms with E-state index in [0.29, 0.717) is 23.3 Å². The number of nitrogens with zero attached hydrogens (tertiary/aromatic N) is 3. The Morgan fingerprint density at radius 3 is 2.48 bits per heavy atom. The molecule has 3 rings (SSSR count). The van der Waals surface area contributed by atoms with Gasteiger partial charge in [0.05, 0.1) is 6.42 Å². The molecule has 2 aromatic rings. The molecule has 1 aliphatic carbocycles. The highest BCUT2D eigenvalue weighted by atomic mass is 35.5. The Kier molecular flexibility index (Phi) is 5.53. The van der Waals surface area contributed by atoms with Gasteiger partial charge in [0.1, 0.15) is 16.8 Å². The van der Waals surface area contributed by atoms with Gasteiger partial charge in [-0.1, -0.05) is 23.7 Å². The molecular weight excluding hydrogens is 336 g/mol. The van der Waals surface area contributed by atoms with Crippen LogP contribution in [0.3, 0.4) is 0 Å². The number of hydrogen-bond donors (Lipinski definition) is 1. The third-order valence-corrected chi connectivity index (χ3v) is 4.55. The van der Waals surface area contributed by atoms with E-state index < -0.39 is 0 Å². The van der Waals surface area contributed by atoms with Crippen LogP contribution in [0.25, 0.3) is 0 Å². The zero-order valence-corrected chi connectivity index (χ0v) is 15.4. The molecule has 1 heterocycles. The Labute approximate surface area is 153 Å². The summed E-state index contributed by atoms with van der Waals surface area (Å²) in [6.07, 6.45) is 2.69. The molecular formula is C19H23ClN4O. The van der Waals surface area contributed by atoms with Crippen LogP contribution in [0, 0.1) is 0 Å². The quantitative estimate of drug-likeness (QED) is 0.755. The van der Waals surface area contributed by atoms with Crippen LogP contribution in [0.15, 0.2) is 30.3 Å². The van der Waals surface area contributed by atoms with Gasteiger partial charge in [0.2, 0.25) is 5.91 Å². The molecule has 5 nitrogen and oxygen atoms in total. The maximum absolute atomic E-state index is 12.2. The van der Waals surface area contributed by atoms with Crippen LogP contribution in [0.1, 0.15) is 44.0 Å². The van der Waals surface area contributed by atoms with Gasteiger partial charge in [-0.25, -0.2) is 9.97 Å². The van der Waals surface area contributed by atoms with Crippen LogP contribution in [0.5, 0.6) is 0 Å². The summed E-state index contributed by atoms with van der Waals surface area (Å²) in [5.41, 5.74) is 1.91. The lowest BCUT2D eigenvalue weighted by molar-refractivity contribution is -0.130. The Hall–Kier alpha value is -2.14. The Balaban J connectivity index is 1.65. The fourth-order valence-corrected chi connectivity index (χ4v) is 2.93. The maximum atomic E-state index is 12.2. The first-order valence-electron chi connectivity index (χ1n) is 8.77. The number of nitrogens with one attached hydrogen (secondary N) is 1. The van der Waals surface area contributed by atoms with Crippen molar-refractivity contribution in [2.75, 3.05) is 18.4 Å². The van der Waals surface area contributed by atoms with E-state index in [0.717, 1.165) is 43.0 Å². The van der Waals surface area contributed by atoms with Crippen LogP contribution < -0.4 is 5.32 Å². The Morgan fingerprint density at radius 1 is 1.20 bits per heavy atom. The number of carbonyl (C=O) groups excluding carboxylic acids is 1. The van der Waals surface area contributed by atoms with E-state index in [1.165, 1.54) is 0 Å². The van der Waals surface area contributed by atoms with Crippen LogP contribution in [0.2, 0.25) is 5.15 Å². The lowest BCUT2D eigenvalue weighted by Gasteiger charge is -2.18. The minimum atomic E-state index is 0.155. The van der Waals surface area contributed by atoms with Crippen LogP contribution in [-0.2, 0) is 11.2 Å². The molecule has 0 atom stereocenters. The molecule has 0 aliphatic heterocycles. The Morgan fingerprint density at radius 2 is 1.88 bits per heavy atom. The SMILES string of the molecule is CCN(CC)C(=O)Cc1ccc(Nc2cc(Cl)nc(C3CC3)n2)cc1. The van der Waals surface area contributed by atoms with Gasteiger partial charge in [-0.3, -0.25) is 4.79 Å². The highest BCUT2D eigenvalue weighted by Crippen LogP contribution is 2.39. The van der Waals surface area contributed by atoms with Crippen LogP contribution in [-0.4, -0.2) is 33.9 Å². The van der Waals surface area contributed by atoms with Crippen molar-refractivity contribution in [1.29, 1.82) is 0 Å². The van der Waals surface area contributed by atoms with Gasteiger partial charge < -0.3 is 10.2 Å². The van der Waals surface area contributed by atoms with Crippen LogP contribution >= 0.6 is 11.6 Å². The summed E-state index contributed by atoms with van der Waals surface area (Å²) in [6, 6.07) is 9.57. The minimum Gasteiger partial charge on any atom is -0.343 e. The van der Waals surface area contributed by atoms with Crippen molar-refractivity contribution >= 4 is 29.0 Å². The van der Waals surface area contributed by atoms with E-state index in [-0.39, 0.29) is 5.91 Å². The second kappa shape index (κ2) is 7.83. The molecule has 1 N–H and O–H groups in total. The topological polar surface area (TPSA) is 58.1 Å². The standard InChI is InChI=1S/C19H23ClN4O/c1-3-24(4-2)18(25)11-13-5-9-15(10-6-13)21-17-12-16(20)22-19(23-17)14-7-8-14/h5-6,9-10,12,14H,3-4,7-8,11H2,1-2H3,(H,21,22,23). The maximum Gasteiger partial charge on any atom is 0.226 e. The molecule has 25 heavy (non-hydrogen) atoms. The van der Waals surface area contributed by atoms with Crippen molar-refractivity contribution in [3.05, 3.63) is 46.9 Å². The molecule has 1 amide bonds. The number of likely N-dealkylation sites (N-methyl/N-ethyl adjacent to an activating group) is 1. The average molecular weight is 359 g/mol. The zero-order valence-electron chi connectivity index (χ0n) is 14.6. The molecule has 0 unspecified atom stereocenters. The minimum absolute atomic E-state index is 0.155. The lowest BCUT2D eigenvalue weighted by atomic mass is 10.1. The summed E-state index contributed by atoms with van der Waals surface area (Å²) >= 11 is 6.09. The van der Waals surface area contributed by atoms with E-state index in [4.69, 9.17) is 11.6 Å². The molecule has 1 saturated carbocycles. The number of aromatic nitrogens is 2. The smallest absolute Gasteiger partial charge is 0.226 e. The predicted molar refractivity (Wildman–Crippen MR) is 100 cm³/mol. The molecule has 1 aromatic heterocycles. The molecule has 0 bridgehead atoms. The van der Waals surface area contributed by atoms with E-state index in [1.54, 1.807) is 6.07 Å². The number of rotatable bonds is 7. The van der Waals surface area contributed by atoms with Gasteiger partial charge in [0, 0.05) is 30.8 Å². The zero-order chi connectivity index (χ0) is 17.8. The van der Waals surface area contributed by atoms with Gasteiger partial charge in [-0.15, -0.1) is 0 Å². The van der Waals surface area contributed by atoms with Crippen molar-refractivity contribution in [2.45, 2.75) is 39.0 Å². The highest BCUT2D eigenvalue weighted by molar-refractivity contribution is 6.29. The van der Waals surface area contributed by atoms with E-state index in [2.05, 4.69) is 15.3 Å². The van der Waals surface area contributed by atoms with E-state index >= 15 is 0 Å². The van der Waals surface area contributed by atoms with Crippen molar-refractivity contribution in [1.82, 2.24) is 14.9 Å². The molecule has 0 radical (unpaired) electrons. The van der Waals surface area contributed by atoms with Crippen molar-refractivity contribution in [3.63, 3.8) is 0 Å². The third-order valence-electron chi connectivity index (χ3n) is 4.35. The third kappa shape index (κ3) is 4.69. The molecule has 1 aliphatic rings. The molecule has 132 valence electrons. The molecule has 6 heteroatoms. The van der Waals surface area contributed by atoms with Crippen LogP contribution in [0.4, 0.5) is 11.5 Å². The monoisotopic (exact) mass is 358 g/mol. The number of hydrogen-bond acceptors (Lipinski definition) is 4. The fraction of sp³-hybridized carbons (Fsp3) is 0.421. The molecule has 0 spiro atoms. The number of halogens is 1. The Bertz CT molecular complexity index is 740. The number of carbonyl (C=O) groups is 1. The van der Waals surface area contributed by atoms with Gasteiger partial charge >= 0.3 is 0 Å². The number of amides is 1. The van der Waals surface area contributed by atoms with Gasteiger partial charge in [0.25, 0.3) is 0 Å². The first-order chi connectivity index (χ1) is 12.1. The predicted octanol–water partition coefficient (Wildman–Crippen LogP) is 4.16. The highest BCUT2D eigenvalue weighted by Gasteiger charge is 2.27. The second-order valence-corrected chi connectivity index (χ2v) is 6.66.